The lowest BCUT2D eigenvalue weighted by Gasteiger charge is -2.28. The molecule has 0 aromatic heterocycles. The summed E-state index contributed by atoms with van der Waals surface area (Å²) in [6, 6.07) is 11.0. The van der Waals surface area contributed by atoms with Crippen molar-refractivity contribution in [2.24, 2.45) is 5.73 Å². The van der Waals surface area contributed by atoms with Crippen LogP contribution in [0.3, 0.4) is 0 Å². The Balaban J connectivity index is 2.28. The van der Waals surface area contributed by atoms with Crippen LogP contribution in [0.25, 0.3) is 0 Å². The van der Waals surface area contributed by atoms with Crippen molar-refractivity contribution >= 4 is 5.69 Å². The summed E-state index contributed by atoms with van der Waals surface area (Å²) < 4.78 is 16.3. The standard InChI is InChI=1S/C20H21N3O4/c1-23(2)11-5-6-13-16(7-11)27-20(22)15(10-21)18(13)14-8-12(25-3)9-17(26-4)19(14)24/h5-9,18,24H,22H2,1-4H3. The van der Waals surface area contributed by atoms with Gasteiger partial charge < -0.3 is 30.0 Å². The van der Waals surface area contributed by atoms with Crippen LogP contribution in [-0.4, -0.2) is 33.4 Å². The molecular weight excluding hydrogens is 346 g/mol. The summed E-state index contributed by atoms with van der Waals surface area (Å²) in [4.78, 5) is 1.93. The van der Waals surface area contributed by atoms with Gasteiger partial charge in [0.2, 0.25) is 5.88 Å². The summed E-state index contributed by atoms with van der Waals surface area (Å²) in [6.07, 6.45) is 0. The topological polar surface area (TPSA) is 101 Å². The summed E-state index contributed by atoms with van der Waals surface area (Å²) in [6.45, 7) is 0. The van der Waals surface area contributed by atoms with E-state index in [1.807, 2.05) is 37.2 Å². The lowest BCUT2D eigenvalue weighted by atomic mass is 9.82. The molecule has 0 aliphatic carbocycles. The van der Waals surface area contributed by atoms with E-state index in [2.05, 4.69) is 6.07 Å². The van der Waals surface area contributed by atoms with E-state index < -0.39 is 5.92 Å². The van der Waals surface area contributed by atoms with Crippen LogP contribution in [0.1, 0.15) is 17.0 Å². The molecule has 0 radical (unpaired) electrons. The molecule has 2 aromatic rings. The van der Waals surface area contributed by atoms with Gasteiger partial charge >= 0.3 is 0 Å². The maximum atomic E-state index is 10.7. The van der Waals surface area contributed by atoms with E-state index >= 15 is 0 Å². The molecule has 1 aliphatic heterocycles. The zero-order valence-electron chi connectivity index (χ0n) is 15.6. The minimum absolute atomic E-state index is 0.00657. The first-order valence-electron chi connectivity index (χ1n) is 8.25. The van der Waals surface area contributed by atoms with Gasteiger partial charge in [-0.25, -0.2) is 0 Å². The fourth-order valence-corrected chi connectivity index (χ4v) is 3.14. The molecule has 0 spiro atoms. The number of phenolic OH excluding ortho intramolecular Hbond substituents is 1. The molecule has 1 atom stereocenters. The number of nitrogens with zero attached hydrogens (tertiary/aromatic N) is 2. The van der Waals surface area contributed by atoms with Crippen molar-refractivity contribution in [2.45, 2.75) is 5.92 Å². The fraction of sp³-hybridized carbons (Fsp3) is 0.250. The number of fused-ring (bicyclic) bond motifs is 1. The monoisotopic (exact) mass is 367 g/mol. The molecule has 140 valence electrons. The molecule has 0 bridgehead atoms. The van der Waals surface area contributed by atoms with Gasteiger partial charge in [-0.2, -0.15) is 5.26 Å². The molecular formula is C20H21N3O4. The van der Waals surface area contributed by atoms with Crippen LogP contribution in [0.2, 0.25) is 0 Å². The van der Waals surface area contributed by atoms with Crippen LogP contribution >= 0.6 is 0 Å². The number of phenols is 1. The fourth-order valence-electron chi connectivity index (χ4n) is 3.14. The molecule has 0 amide bonds. The predicted molar refractivity (Wildman–Crippen MR) is 101 cm³/mol. The average Bonchev–Trinajstić information content (AvgIpc) is 2.66. The van der Waals surface area contributed by atoms with Crippen molar-refractivity contribution in [1.82, 2.24) is 0 Å². The molecule has 3 rings (SSSR count). The lowest BCUT2D eigenvalue weighted by Crippen LogP contribution is -2.21. The number of rotatable bonds is 4. The van der Waals surface area contributed by atoms with Crippen molar-refractivity contribution in [2.75, 3.05) is 33.2 Å². The number of nitriles is 1. The van der Waals surface area contributed by atoms with E-state index in [4.69, 9.17) is 19.9 Å². The third-order valence-corrected chi connectivity index (χ3v) is 4.56. The van der Waals surface area contributed by atoms with E-state index in [0.29, 0.717) is 17.1 Å². The summed E-state index contributed by atoms with van der Waals surface area (Å²) in [5.74, 6) is 0.593. The Kier molecular flexibility index (Phi) is 4.74. The Labute approximate surface area is 157 Å². The minimum atomic E-state index is -0.612. The van der Waals surface area contributed by atoms with Crippen LogP contribution in [0.4, 0.5) is 5.69 Å². The second-order valence-electron chi connectivity index (χ2n) is 6.31. The van der Waals surface area contributed by atoms with Gasteiger partial charge in [-0.3, -0.25) is 0 Å². The second kappa shape index (κ2) is 7.00. The van der Waals surface area contributed by atoms with Crippen molar-refractivity contribution in [3.63, 3.8) is 0 Å². The highest BCUT2D eigenvalue weighted by Crippen LogP contribution is 2.48. The molecule has 7 nitrogen and oxygen atoms in total. The molecule has 0 fully saturated rings. The number of aromatic hydroxyl groups is 1. The quantitative estimate of drug-likeness (QED) is 0.857. The SMILES string of the molecule is COc1cc(OC)c(O)c(C2C(C#N)=C(N)Oc3cc(N(C)C)ccc32)c1. The second-order valence-corrected chi connectivity index (χ2v) is 6.31. The zero-order valence-corrected chi connectivity index (χ0v) is 15.6. The van der Waals surface area contributed by atoms with E-state index in [1.165, 1.54) is 14.2 Å². The van der Waals surface area contributed by atoms with Crippen LogP contribution in [0, 0.1) is 11.3 Å². The van der Waals surface area contributed by atoms with Gasteiger partial charge in [0, 0.05) is 43.0 Å². The van der Waals surface area contributed by atoms with Crippen LogP contribution < -0.4 is 24.8 Å². The largest absolute Gasteiger partial charge is 0.504 e. The molecule has 0 saturated heterocycles. The van der Waals surface area contributed by atoms with Gasteiger partial charge in [-0.15, -0.1) is 0 Å². The number of nitrogens with two attached hydrogens (primary N) is 1. The Morgan fingerprint density at radius 3 is 2.48 bits per heavy atom. The third kappa shape index (κ3) is 3.06. The van der Waals surface area contributed by atoms with Gasteiger partial charge in [-0.05, 0) is 12.1 Å². The van der Waals surface area contributed by atoms with Crippen molar-refractivity contribution in [3.05, 3.63) is 52.9 Å². The van der Waals surface area contributed by atoms with Crippen LogP contribution in [0.5, 0.6) is 23.0 Å². The zero-order chi connectivity index (χ0) is 19.7. The minimum Gasteiger partial charge on any atom is -0.504 e. The normalized spacial score (nSPS) is 15.4. The molecule has 27 heavy (non-hydrogen) atoms. The van der Waals surface area contributed by atoms with Gasteiger partial charge in [0.25, 0.3) is 0 Å². The van der Waals surface area contributed by atoms with Crippen LogP contribution in [0.15, 0.2) is 41.8 Å². The molecule has 1 aliphatic rings. The van der Waals surface area contributed by atoms with Crippen LogP contribution in [-0.2, 0) is 0 Å². The number of ether oxygens (including phenoxy) is 3. The summed E-state index contributed by atoms with van der Waals surface area (Å²) in [5.41, 5.74) is 8.34. The Morgan fingerprint density at radius 2 is 1.89 bits per heavy atom. The molecule has 1 unspecified atom stereocenters. The predicted octanol–water partition coefficient (Wildman–Crippen LogP) is 2.69. The molecule has 0 saturated carbocycles. The average molecular weight is 367 g/mol. The van der Waals surface area contributed by atoms with E-state index in [1.54, 1.807) is 12.1 Å². The Bertz CT molecular complexity index is 960. The first-order valence-corrected chi connectivity index (χ1v) is 8.25. The number of benzene rings is 2. The first-order chi connectivity index (χ1) is 12.9. The molecule has 2 aromatic carbocycles. The summed E-state index contributed by atoms with van der Waals surface area (Å²) in [5, 5.41) is 20.4. The number of methoxy groups -OCH3 is 2. The first kappa shape index (κ1) is 18.3. The number of allylic oxidation sites excluding steroid dienone is 1. The maximum absolute atomic E-state index is 10.7. The summed E-state index contributed by atoms with van der Waals surface area (Å²) >= 11 is 0. The van der Waals surface area contributed by atoms with E-state index in [-0.39, 0.29) is 23.0 Å². The maximum Gasteiger partial charge on any atom is 0.205 e. The lowest BCUT2D eigenvalue weighted by molar-refractivity contribution is 0.358. The van der Waals surface area contributed by atoms with Gasteiger partial charge in [0.1, 0.15) is 23.1 Å². The number of anilines is 1. The number of hydrogen-bond acceptors (Lipinski definition) is 7. The van der Waals surface area contributed by atoms with Crippen molar-refractivity contribution in [3.8, 4) is 29.1 Å². The van der Waals surface area contributed by atoms with Gasteiger partial charge in [0.05, 0.1) is 20.1 Å². The third-order valence-electron chi connectivity index (χ3n) is 4.56. The van der Waals surface area contributed by atoms with Gasteiger partial charge in [0.15, 0.2) is 11.5 Å². The Hall–Kier alpha value is -3.53. The highest BCUT2D eigenvalue weighted by Gasteiger charge is 2.34. The number of hydrogen-bond donors (Lipinski definition) is 2. The molecule has 3 N–H and O–H groups in total. The molecule has 1 heterocycles. The Morgan fingerprint density at radius 1 is 1.15 bits per heavy atom. The smallest absolute Gasteiger partial charge is 0.205 e. The van der Waals surface area contributed by atoms with Crippen molar-refractivity contribution < 1.29 is 19.3 Å². The molecule has 7 heteroatoms. The van der Waals surface area contributed by atoms with Gasteiger partial charge in [-0.1, -0.05) is 6.07 Å². The highest BCUT2D eigenvalue weighted by atomic mass is 16.5. The highest BCUT2D eigenvalue weighted by molar-refractivity contribution is 5.65. The van der Waals surface area contributed by atoms with E-state index in [9.17, 15) is 10.4 Å². The van der Waals surface area contributed by atoms with Crippen molar-refractivity contribution in [1.29, 1.82) is 5.26 Å². The van der Waals surface area contributed by atoms with E-state index in [0.717, 1.165) is 11.3 Å². The summed E-state index contributed by atoms with van der Waals surface area (Å²) in [7, 11) is 6.81.